The van der Waals surface area contributed by atoms with Crippen molar-refractivity contribution in [1.82, 2.24) is 10.3 Å². The van der Waals surface area contributed by atoms with E-state index in [-0.39, 0.29) is 24.1 Å². The summed E-state index contributed by atoms with van der Waals surface area (Å²) in [5.41, 5.74) is 5.27. The molecule has 2 aromatic heterocycles. The quantitative estimate of drug-likeness (QED) is 0.301. The van der Waals surface area contributed by atoms with E-state index in [9.17, 15) is 13.2 Å². The molecule has 2 heterocycles. The van der Waals surface area contributed by atoms with E-state index in [1.807, 2.05) is 61.5 Å². The lowest BCUT2D eigenvalue weighted by Crippen LogP contribution is -2.33. The van der Waals surface area contributed by atoms with Crippen LogP contribution in [0.5, 0.6) is 0 Å². The van der Waals surface area contributed by atoms with E-state index in [1.165, 1.54) is 10.6 Å². The highest BCUT2D eigenvalue weighted by Crippen LogP contribution is 2.46. The number of amides is 1. The van der Waals surface area contributed by atoms with E-state index in [0.29, 0.717) is 28.9 Å². The number of aromatic nitrogens is 1. The zero-order valence-corrected chi connectivity index (χ0v) is 22.6. The fraction of sp³-hybridized carbons (Fsp3) is 0.267. The number of benzene rings is 2. The lowest BCUT2D eigenvalue weighted by molar-refractivity contribution is 0.0964. The van der Waals surface area contributed by atoms with E-state index in [0.717, 1.165) is 40.7 Å². The van der Waals surface area contributed by atoms with Gasteiger partial charge in [0, 0.05) is 19.2 Å². The van der Waals surface area contributed by atoms with Crippen LogP contribution in [0.25, 0.3) is 28.5 Å². The Labute approximate surface area is 223 Å². The third-order valence-electron chi connectivity index (χ3n) is 6.97. The van der Waals surface area contributed by atoms with Gasteiger partial charge in [0.05, 0.1) is 17.2 Å². The summed E-state index contributed by atoms with van der Waals surface area (Å²) in [7, 11) is -2.08. The van der Waals surface area contributed by atoms with Crippen LogP contribution < -0.4 is 9.62 Å². The molecule has 4 aromatic rings. The van der Waals surface area contributed by atoms with Gasteiger partial charge in [-0.3, -0.25) is 9.10 Å². The van der Waals surface area contributed by atoms with Crippen LogP contribution in [-0.4, -0.2) is 39.2 Å². The second-order valence-electron chi connectivity index (χ2n) is 9.77. The Morgan fingerprint density at radius 1 is 1.18 bits per heavy atom. The number of nitrogens with one attached hydrogen (secondary N) is 1. The number of pyridine rings is 1. The number of rotatable bonds is 9. The molecule has 0 spiro atoms. The first-order valence-corrected chi connectivity index (χ1v) is 14.5. The molecule has 7 nitrogen and oxygen atoms in total. The van der Waals surface area contributed by atoms with E-state index in [2.05, 4.69) is 11.9 Å². The first-order valence-electron chi connectivity index (χ1n) is 12.7. The first-order chi connectivity index (χ1) is 18.2. The number of furan rings is 1. The van der Waals surface area contributed by atoms with Gasteiger partial charge in [-0.1, -0.05) is 66.7 Å². The topological polar surface area (TPSA) is 92.5 Å². The predicted octanol–water partition coefficient (Wildman–Crippen LogP) is 5.69. The van der Waals surface area contributed by atoms with Crippen molar-refractivity contribution in [1.29, 1.82) is 0 Å². The normalized spacial score (nSPS) is 13.4. The van der Waals surface area contributed by atoms with Gasteiger partial charge in [-0.15, -0.1) is 0 Å². The van der Waals surface area contributed by atoms with E-state index in [4.69, 9.17) is 9.40 Å². The average molecular weight is 530 g/mol. The van der Waals surface area contributed by atoms with Gasteiger partial charge in [-0.05, 0) is 54.9 Å². The number of sulfonamides is 1. The monoisotopic (exact) mass is 529 g/mol. The molecule has 0 saturated heterocycles. The van der Waals surface area contributed by atoms with Crippen LogP contribution >= 0.6 is 0 Å². The van der Waals surface area contributed by atoms with Gasteiger partial charge >= 0.3 is 0 Å². The minimum absolute atomic E-state index is 0.182. The molecule has 1 saturated carbocycles. The minimum Gasteiger partial charge on any atom is -0.437 e. The number of carbonyl (C=O) groups excluding carboxylic acids is 1. The summed E-state index contributed by atoms with van der Waals surface area (Å²) in [4.78, 5) is 17.8. The van der Waals surface area contributed by atoms with Crippen molar-refractivity contribution >= 4 is 38.9 Å². The van der Waals surface area contributed by atoms with E-state index in [1.54, 1.807) is 13.1 Å². The van der Waals surface area contributed by atoms with Crippen LogP contribution in [0.4, 0.5) is 5.82 Å². The number of hydrogen-bond donors (Lipinski definition) is 1. The summed E-state index contributed by atoms with van der Waals surface area (Å²) in [6, 6.07) is 17.4. The van der Waals surface area contributed by atoms with Crippen molar-refractivity contribution in [2.75, 3.05) is 24.2 Å². The van der Waals surface area contributed by atoms with Crippen LogP contribution in [-0.2, 0) is 16.4 Å². The highest BCUT2D eigenvalue weighted by atomic mass is 32.2. The molecule has 196 valence electrons. The molecule has 0 aliphatic heterocycles. The second-order valence-corrected chi connectivity index (χ2v) is 11.7. The average Bonchev–Trinajstić information content (AvgIpc) is 3.68. The van der Waals surface area contributed by atoms with Crippen LogP contribution in [0.3, 0.4) is 0 Å². The Balaban J connectivity index is 1.66. The first kappa shape index (κ1) is 25.7. The van der Waals surface area contributed by atoms with E-state index >= 15 is 0 Å². The number of carbonyl (C=O) groups is 1. The molecule has 1 N–H and O–H groups in total. The molecule has 0 atom stereocenters. The predicted molar refractivity (Wildman–Crippen MR) is 152 cm³/mol. The molecule has 1 aliphatic carbocycles. The summed E-state index contributed by atoms with van der Waals surface area (Å²) >= 11 is 0. The Morgan fingerprint density at radius 2 is 1.89 bits per heavy atom. The molecule has 8 heteroatoms. The lowest BCUT2D eigenvalue weighted by Gasteiger charge is -2.24. The van der Waals surface area contributed by atoms with Gasteiger partial charge in [0.2, 0.25) is 15.7 Å². The summed E-state index contributed by atoms with van der Waals surface area (Å²) in [5, 5.41) is 3.29. The highest BCUT2D eigenvalue weighted by molar-refractivity contribution is 7.92. The molecule has 1 fully saturated rings. The summed E-state index contributed by atoms with van der Waals surface area (Å²) < 4.78 is 33.7. The van der Waals surface area contributed by atoms with Gasteiger partial charge < -0.3 is 9.73 Å². The standard InChI is InChI=1S/C30H31N3O4S/c1-5-20-8-6-7-9-21(20)16-17-33(38(4,35)36)28-24(22-14-15-22)18-25-26(29(34)31-3)27(37-30(25)32-28)23-12-10-19(2)11-13-23/h5-13,18,22H,1,14-17H2,2-4H3,(H,31,34). The van der Waals surface area contributed by atoms with Crippen molar-refractivity contribution in [2.24, 2.45) is 0 Å². The number of aryl methyl sites for hydroxylation is 1. The van der Waals surface area contributed by atoms with Gasteiger partial charge in [-0.2, -0.15) is 4.98 Å². The molecular weight excluding hydrogens is 498 g/mol. The SMILES string of the molecule is C=Cc1ccccc1CCN(c1nc2oc(-c3ccc(C)cc3)c(C(=O)NC)c2cc1C1CC1)S(C)(=O)=O. The zero-order valence-electron chi connectivity index (χ0n) is 21.8. The lowest BCUT2D eigenvalue weighted by atomic mass is 10.0. The fourth-order valence-electron chi connectivity index (χ4n) is 4.79. The van der Waals surface area contributed by atoms with Crippen molar-refractivity contribution in [2.45, 2.75) is 32.1 Å². The van der Waals surface area contributed by atoms with Gasteiger partial charge in [0.1, 0.15) is 11.6 Å². The third-order valence-corrected chi connectivity index (χ3v) is 8.13. The minimum atomic E-state index is -3.66. The highest BCUT2D eigenvalue weighted by Gasteiger charge is 2.34. The zero-order chi connectivity index (χ0) is 27.0. The van der Waals surface area contributed by atoms with Crippen LogP contribution in [0.15, 0.2) is 65.6 Å². The maximum absolute atomic E-state index is 13.1. The molecule has 0 bridgehead atoms. The van der Waals surface area contributed by atoms with Gasteiger partial charge in [0.25, 0.3) is 5.91 Å². The smallest absolute Gasteiger partial charge is 0.255 e. The van der Waals surface area contributed by atoms with Crippen LogP contribution in [0, 0.1) is 6.92 Å². The Hall–Kier alpha value is -3.91. The summed E-state index contributed by atoms with van der Waals surface area (Å²) in [5.74, 6) is 0.682. The van der Waals surface area contributed by atoms with Crippen molar-refractivity contribution in [3.8, 4) is 11.3 Å². The Morgan fingerprint density at radius 3 is 2.53 bits per heavy atom. The number of anilines is 1. The molecule has 1 amide bonds. The third kappa shape index (κ3) is 4.96. The van der Waals surface area contributed by atoms with Crippen molar-refractivity contribution in [3.63, 3.8) is 0 Å². The maximum Gasteiger partial charge on any atom is 0.255 e. The summed E-state index contributed by atoms with van der Waals surface area (Å²) in [6.45, 7) is 6.09. The molecule has 0 unspecified atom stereocenters. The number of nitrogens with zero attached hydrogens (tertiary/aromatic N) is 2. The second kappa shape index (κ2) is 10.1. The summed E-state index contributed by atoms with van der Waals surface area (Å²) in [6.07, 6.45) is 5.35. The van der Waals surface area contributed by atoms with Gasteiger partial charge in [0.15, 0.2) is 0 Å². The van der Waals surface area contributed by atoms with Gasteiger partial charge in [-0.25, -0.2) is 8.42 Å². The Kier molecular flexibility index (Phi) is 6.84. The largest absolute Gasteiger partial charge is 0.437 e. The molecular formula is C30H31N3O4S. The van der Waals surface area contributed by atoms with Crippen LogP contribution in [0.2, 0.25) is 0 Å². The number of hydrogen-bond acceptors (Lipinski definition) is 5. The molecule has 0 radical (unpaired) electrons. The molecule has 5 rings (SSSR count). The van der Waals surface area contributed by atoms with Crippen molar-refractivity contribution < 1.29 is 17.6 Å². The maximum atomic E-state index is 13.1. The molecule has 1 aliphatic rings. The van der Waals surface area contributed by atoms with Crippen LogP contribution in [0.1, 0.15) is 51.4 Å². The van der Waals surface area contributed by atoms with E-state index < -0.39 is 10.0 Å². The molecule has 2 aromatic carbocycles. The molecule has 38 heavy (non-hydrogen) atoms. The Bertz CT molecular complexity index is 1630. The number of fused-ring (bicyclic) bond motifs is 1. The fourth-order valence-corrected chi connectivity index (χ4v) is 5.68. The van der Waals surface area contributed by atoms with Crippen molar-refractivity contribution in [3.05, 3.63) is 89.0 Å².